The standard InChI is InChI=1S/C50H36F3N5.C50H39N5/c1-29-16-21-45-40(24-29)38-12-5-7-14-43(38)57(45)47-23-19-35(27-42(47)49-55-31(3)54-32(4)56-49)37-20-18-34(33-10-9-11-36(26-33)50(51,52)53)28-48(37)58-44-15-8-6-13-39(44)41-25-30(2)17-22-46(41)58;1-30-11-10-12-35(25-30)36-19-23-46(54-44-15-8-6-13-38(44)41-26-31(2)17-21-47(41)54)40(28-36)37-20-24-49(43(29-37)50-52-33(4)51-34(5)53-50)55-45-16-9-7-14-39(45)42-27-32(3)18-22-48(42)55/h5-28H,1-4H3;6-29H,1-5H3. The molecule has 0 fully saturated rings. The molecule has 0 saturated heterocycles. The Balaban J connectivity index is 0.000000152. The average molecular weight is 1470 g/mol. The number of fused-ring (bicyclic) bond motifs is 12. The van der Waals surface area contributed by atoms with Crippen molar-refractivity contribution in [1.29, 1.82) is 0 Å². The molecule has 0 aliphatic heterocycles. The van der Waals surface area contributed by atoms with E-state index in [1.807, 2.05) is 58.0 Å². The maximum Gasteiger partial charge on any atom is 0.416 e. The molecule has 0 unspecified atom stereocenters. The molecule has 20 rings (SSSR count). The molecule has 0 spiro atoms. The molecule has 0 radical (unpaired) electrons. The Morgan fingerprint density at radius 1 is 0.212 bits per heavy atom. The van der Waals surface area contributed by atoms with Crippen LogP contribution in [0.3, 0.4) is 0 Å². The molecule has 14 aromatic carbocycles. The van der Waals surface area contributed by atoms with Crippen molar-refractivity contribution in [3.8, 4) is 90.0 Å². The van der Waals surface area contributed by atoms with E-state index in [0.29, 0.717) is 46.1 Å². The number of rotatable bonds is 10. The molecule has 0 atom stereocenters. The van der Waals surface area contributed by atoms with E-state index in [4.69, 9.17) is 19.9 Å². The molecule has 546 valence electrons. The van der Waals surface area contributed by atoms with Gasteiger partial charge in [-0.3, -0.25) is 0 Å². The fourth-order valence-corrected chi connectivity index (χ4v) is 17.0. The second kappa shape index (κ2) is 27.3. The van der Waals surface area contributed by atoms with Gasteiger partial charge in [0.2, 0.25) is 0 Å². The average Bonchev–Trinajstić information content (AvgIpc) is 1.61. The lowest BCUT2D eigenvalue weighted by Crippen LogP contribution is -2.05. The van der Waals surface area contributed by atoms with Crippen LogP contribution in [0.25, 0.3) is 177 Å². The topological polar surface area (TPSA) is 97.1 Å². The summed E-state index contributed by atoms with van der Waals surface area (Å²) in [7, 11) is 0. The first-order chi connectivity index (χ1) is 54.8. The number of nitrogens with zero attached hydrogens (tertiary/aromatic N) is 10. The number of para-hydroxylation sites is 4. The van der Waals surface area contributed by atoms with Gasteiger partial charge < -0.3 is 18.3 Å². The predicted molar refractivity (Wildman–Crippen MR) is 457 cm³/mol. The number of hydrogen-bond acceptors (Lipinski definition) is 6. The van der Waals surface area contributed by atoms with Crippen LogP contribution in [0, 0.1) is 62.3 Å². The summed E-state index contributed by atoms with van der Waals surface area (Å²) in [5.41, 5.74) is 27.2. The van der Waals surface area contributed by atoms with Crippen LogP contribution in [0.15, 0.2) is 291 Å². The van der Waals surface area contributed by atoms with Crippen LogP contribution >= 0.6 is 0 Å². The molecule has 0 bridgehead atoms. The third-order valence-electron chi connectivity index (χ3n) is 22.0. The number of halogens is 3. The van der Waals surface area contributed by atoms with E-state index < -0.39 is 11.7 Å². The molecule has 13 heteroatoms. The number of aromatic nitrogens is 10. The normalized spacial score (nSPS) is 11.9. The van der Waals surface area contributed by atoms with Crippen molar-refractivity contribution in [2.45, 2.75) is 68.5 Å². The minimum absolute atomic E-state index is 0.480. The molecule has 0 saturated carbocycles. The smallest absolute Gasteiger partial charge is 0.309 e. The lowest BCUT2D eigenvalue weighted by Gasteiger charge is -2.19. The first-order valence-corrected chi connectivity index (χ1v) is 38.0. The molecule has 113 heavy (non-hydrogen) atoms. The Labute approximate surface area is 651 Å². The highest BCUT2D eigenvalue weighted by Gasteiger charge is 2.31. The van der Waals surface area contributed by atoms with Crippen molar-refractivity contribution in [2.24, 2.45) is 0 Å². The zero-order valence-electron chi connectivity index (χ0n) is 63.8. The van der Waals surface area contributed by atoms with Gasteiger partial charge in [0.25, 0.3) is 0 Å². The Morgan fingerprint density at radius 3 is 0.929 bits per heavy atom. The lowest BCUT2D eigenvalue weighted by atomic mass is 9.94. The van der Waals surface area contributed by atoms with Gasteiger partial charge in [0.15, 0.2) is 11.6 Å². The Morgan fingerprint density at radius 2 is 0.522 bits per heavy atom. The van der Waals surface area contributed by atoms with Gasteiger partial charge in [-0.15, -0.1) is 0 Å². The first-order valence-electron chi connectivity index (χ1n) is 38.0. The third-order valence-corrected chi connectivity index (χ3v) is 22.0. The fraction of sp³-hybridized carbons (Fsp3) is 0.100. The van der Waals surface area contributed by atoms with Crippen molar-refractivity contribution in [3.63, 3.8) is 0 Å². The zero-order chi connectivity index (χ0) is 77.2. The number of aryl methyl sites for hydroxylation is 9. The van der Waals surface area contributed by atoms with Crippen molar-refractivity contribution < 1.29 is 13.2 Å². The maximum absolute atomic E-state index is 14.0. The summed E-state index contributed by atoms with van der Waals surface area (Å²) in [6, 6.07) is 101. The van der Waals surface area contributed by atoms with Gasteiger partial charge in [0.1, 0.15) is 23.3 Å². The van der Waals surface area contributed by atoms with Crippen molar-refractivity contribution in [3.05, 3.63) is 348 Å². The van der Waals surface area contributed by atoms with Crippen molar-refractivity contribution in [1.82, 2.24) is 48.2 Å². The largest absolute Gasteiger partial charge is 0.416 e. The van der Waals surface area contributed by atoms with E-state index in [1.54, 1.807) is 6.07 Å². The summed E-state index contributed by atoms with van der Waals surface area (Å²) in [6.07, 6.45) is -4.47. The molecule has 0 aliphatic rings. The van der Waals surface area contributed by atoms with Gasteiger partial charge in [0.05, 0.1) is 72.4 Å². The highest BCUT2D eigenvalue weighted by atomic mass is 19.4. The highest BCUT2D eigenvalue weighted by Crippen LogP contribution is 2.46. The molecule has 6 heterocycles. The van der Waals surface area contributed by atoms with Crippen LogP contribution in [-0.2, 0) is 6.18 Å². The highest BCUT2D eigenvalue weighted by molar-refractivity contribution is 6.14. The number of benzene rings is 14. The van der Waals surface area contributed by atoms with Crippen LogP contribution in [0.2, 0.25) is 0 Å². The quantitative estimate of drug-likeness (QED) is 0.135. The SMILES string of the molecule is Cc1ccc2c(c1)c1ccccc1n2-c1cc(-c2cccc(C(F)(F)F)c2)ccc1-c1ccc(-n2c3ccccc3c3cc(C)ccc32)c(-c2nc(C)nc(C)n2)c1.Cc1cccc(-c2ccc(-n3c4ccccc4c4cc(C)ccc43)c(-c3ccc(-n4c5ccccc5c5cc(C)ccc54)c(-c4nc(C)nc(C)n4)c3)c2)c1. The predicted octanol–water partition coefficient (Wildman–Crippen LogP) is 25.9. The van der Waals surface area contributed by atoms with E-state index in [2.05, 4.69) is 299 Å². The number of alkyl halides is 3. The summed E-state index contributed by atoms with van der Waals surface area (Å²) >= 11 is 0. The van der Waals surface area contributed by atoms with Crippen molar-refractivity contribution >= 4 is 87.2 Å². The molecule has 0 aliphatic carbocycles. The second-order valence-corrected chi connectivity index (χ2v) is 29.9. The molecule has 6 aromatic heterocycles. The van der Waals surface area contributed by atoms with E-state index in [9.17, 15) is 13.2 Å². The van der Waals surface area contributed by atoms with Gasteiger partial charge in [-0.05, 0) is 223 Å². The molecule has 10 nitrogen and oxygen atoms in total. The summed E-state index contributed by atoms with van der Waals surface area (Å²) in [4.78, 5) is 28.8. The minimum atomic E-state index is -4.47. The minimum Gasteiger partial charge on any atom is -0.309 e. The fourth-order valence-electron chi connectivity index (χ4n) is 17.0. The van der Waals surface area contributed by atoms with E-state index >= 15 is 0 Å². The lowest BCUT2D eigenvalue weighted by molar-refractivity contribution is -0.137. The molecular weight excluding hydrogens is 1400 g/mol. The third kappa shape index (κ3) is 12.2. The molecule has 0 N–H and O–H groups in total. The number of hydrogen-bond donors (Lipinski definition) is 0. The van der Waals surface area contributed by atoms with Gasteiger partial charge in [0, 0.05) is 65.3 Å². The van der Waals surface area contributed by atoms with Gasteiger partial charge in [-0.2, -0.15) is 13.2 Å². The summed E-state index contributed by atoms with van der Waals surface area (Å²) in [5, 5.41) is 9.42. The first kappa shape index (κ1) is 69.5. The Bertz CT molecular complexity index is 7270. The van der Waals surface area contributed by atoms with Gasteiger partial charge in [-0.25, -0.2) is 29.9 Å². The summed E-state index contributed by atoms with van der Waals surface area (Å²) in [6.45, 7) is 18.3. The second-order valence-electron chi connectivity index (χ2n) is 29.9. The monoisotopic (exact) mass is 1470 g/mol. The Kier molecular flexibility index (Phi) is 16.8. The molecule has 0 amide bonds. The molecular formula is C100H75F3N10. The van der Waals surface area contributed by atoms with Gasteiger partial charge in [-0.1, -0.05) is 192 Å². The zero-order valence-corrected chi connectivity index (χ0v) is 63.8. The van der Waals surface area contributed by atoms with Crippen LogP contribution in [0.1, 0.15) is 56.7 Å². The van der Waals surface area contributed by atoms with Gasteiger partial charge >= 0.3 is 6.18 Å². The molecule has 20 aromatic rings. The Hall–Kier alpha value is -13.9. The van der Waals surface area contributed by atoms with Crippen LogP contribution in [-0.4, -0.2) is 48.2 Å². The maximum atomic E-state index is 14.0. The summed E-state index contributed by atoms with van der Waals surface area (Å²) in [5.74, 6) is 3.82. The van der Waals surface area contributed by atoms with Crippen LogP contribution in [0.4, 0.5) is 13.2 Å². The van der Waals surface area contributed by atoms with Crippen LogP contribution in [0.5, 0.6) is 0 Å². The van der Waals surface area contributed by atoms with Crippen molar-refractivity contribution in [2.75, 3.05) is 0 Å². The van der Waals surface area contributed by atoms with Crippen LogP contribution < -0.4 is 0 Å². The summed E-state index contributed by atoms with van der Waals surface area (Å²) < 4.78 is 51.3. The van der Waals surface area contributed by atoms with E-state index in [1.165, 1.54) is 72.5 Å². The van der Waals surface area contributed by atoms with E-state index in [0.717, 1.165) is 128 Å². The van der Waals surface area contributed by atoms with E-state index in [-0.39, 0.29) is 0 Å².